The monoisotopic (exact) mass is 281 g/mol. The van der Waals surface area contributed by atoms with Crippen LogP contribution in [0.3, 0.4) is 0 Å². The predicted molar refractivity (Wildman–Crippen MR) is 67.8 cm³/mol. The minimum Gasteiger partial charge on any atom is -0.377 e. The normalized spacial score (nSPS) is 11.1. The van der Waals surface area contributed by atoms with E-state index in [1.165, 1.54) is 0 Å². The third-order valence-corrected chi connectivity index (χ3v) is 2.83. The van der Waals surface area contributed by atoms with Crippen LogP contribution in [-0.2, 0) is 11.3 Å². The average Bonchev–Trinajstić information content (AvgIpc) is 2.25. The molecule has 0 bridgehead atoms. The van der Waals surface area contributed by atoms with Crippen LogP contribution >= 0.6 is 15.9 Å². The Kier molecular flexibility index (Phi) is 4.98. The summed E-state index contributed by atoms with van der Waals surface area (Å²) in [5, 5.41) is 8.84. The molecule has 0 fully saturated rings. The Morgan fingerprint density at radius 1 is 1.44 bits per heavy atom. The van der Waals surface area contributed by atoms with Gasteiger partial charge in [0, 0.05) is 11.1 Å². The Bertz CT molecular complexity index is 382. The lowest BCUT2D eigenvalue weighted by Crippen LogP contribution is -2.11. The highest BCUT2D eigenvalue weighted by atomic mass is 79.9. The minimum atomic E-state index is -0.294. The number of nitriles is 1. The van der Waals surface area contributed by atoms with E-state index in [2.05, 4.69) is 22.0 Å². The summed E-state index contributed by atoms with van der Waals surface area (Å²) in [6, 6.07) is 10.3. The van der Waals surface area contributed by atoms with Gasteiger partial charge in [-0.3, -0.25) is 0 Å². The first-order valence-corrected chi connectivity index (χ1v) is 6.06. The molecular weight excluding hydrogens is 266 g/mol. The maximum absolute atomic E-state index is 8.84. The van der Waals surface area contributed by atoms with Crippen molar-refractivity contribution < 1.29 is 4.74 Å². The van der Waals surface area contributed by atoms with Crippen molar-refractivity contribution in [2.24, 2.45) is 5.41 Å². The topological polar surface area (TPSA) is 33.0 Å². The van der Waals surface area contributed by atoms with E-state index in [9.17, 15) is 0 Å². The Hall–Kier alpha value is -0.850. The zero-order valence-corrected chi connectivity index (χ0v) is 11.3. The van der Waals surface area contributed by atoms with Crippen LogP contribution in [-0.4, -0.2) is 6.61 Å². The first-order chi connectivity index (χ1) is 7.53. The maximum Gasteiger partial charge on any atom is 0.0717 e. The second kappa shape index (κ2) is 6.03. The Morgan fingerprint density at radius 2 is 2.19 bits per heavy atom. The van der Waals surface area contributed by atoms with E-state index in [0.29, 0.717) is 13.2 Å². The van der Waals surface area contributed by atoms with E-state index in [1.54, 1.807) is 0 Å². The molecule has 0 aliphatic rings. The van der Waals surface area contributed by atoms with Gasteiger partial charge < -0.3 is 4.74 Å². The number of nitrogens with zero attached hydrogens (tertiary/aromatic N) is 1. The van der Waals surface area contributed by atoms with Gasteiger partial charge in [0.25, 0.3) is 0 Å². The van der Waals surface area contributed by atoms with Gasteiger partial charge in [-0.15, -0.1) is 0 Å². The molecule has 0 radical (unpaired) electrons. The van der Waals surface area contributed by atoms with Gasteiger partial charge in [0.1, 0.15) is 0 Å². The van der Waals surface area contributed by atoms with Crippen LogP contribution in [0.1, 0.15) is 25.8 Å². The van der Waals surface area contributed by atoms with E-state index in [1.807, 2.05) is 38.1 Å². The Morgan fingerprint density at radius 3 is 2.81 bits per heavy atom. The summed E-state index contributed by atoms with van der Waals surface area (Å²) in [5.74, 6) is 0. The fourth-order valence-electron chi connectivity index (χ4n) is 1.20. The summed E-state index contributed by atoms with van der Waals surface area (Å²) >= 11 is 3.42. The zero-order chi connectivity index (χ0) is 12.0. The van der Waals surface area contributed by atoms with Gasteiger partial charge in [-0.1, -0.05) is 28.1 Å². The molecule has 0 saturated heterocycles. The number of rotatable bonds is 5. The number of benzene rings is 1. The molecule has 1 aromatic rings. The second-order valence-corrected chi connectivity index (χ2v) is 5.34. The minimum absolute atomic E-state index is 0.294. The number of ether oxygens (including phenoxy) is 1. The molecule has 16 heavy (non-hydrogen) atoms. The highest BCUT2D eigenvalue weighted by Crippen LogP contribution is 2.19. The number of hydrogen-bond acceptors (Lipinski definition) is 2. The van der Waals surface area contributed by atoms with E-state index in [-0.39, 0.29) is 5.41 Å². The summed E-state index contributed by atoms with van der Waals surface area (Å²) < 4.78 is 6.60. The van der Waals surface area contributed by atoms with Crippen molar-refractivity contribution in [3.63, 3.8) is 0 Å². The van der Waals surface area contributed by atoms with Crippen LogP contribution in [0, 0.1) is 16.7 Å². The lowest BCUT2D eigenvalue weighted by molar-refractivity contribution is 0.102. The van der Waals surface area contributed by atoms with Crippen molar-refractivity contribution in [1.82, 2.24) is 0 Å². The van der Waals surface area contributed by atoms with Crippen LogP contribution < -0.4 is 0 Å². The smallest absolute Gasteiger partial charge is 0.0717 e. The van der Waals surface area contributed by atoms with Gasteiger partial charge in [0.05, 0.1) is 18.1 Å². The quantitative estimate of drug-likeness (QED) is 0.767. The lowest BCUT2D eigenvalue weighted by atomic mass is 9.92. The molecule has 0 heterocycles. The van der Waals surface area contributed by atoms with Crippen LogP contribution in [0.5, 0.6) is 0 Å². The molecule has 0 aliphatic heterocycles. The van der Waals surface area contributed by atoms with Crippen molar-refractivity contribution in [2.45, 2.75) is 26.9 Å². The zero-order valence-electron chi connectivity index (χ0n) is 9.66. The van der Waals surface area contributed by atoms with Gasteiger partial charge in [-0.05, 0) is 38.0 Å². The number of halogens is 1. The largest absolute Gasteiger partial charge is 0.377 e. The molecule has 0 aliphatic carbocycles. The van der Waals surface area contributed by atoms with E-state index in [0.717, 1.165) is 16.5 Å². The van der Waals surface area contributed by atoms with Gasteiger partial charge in [-0.25, -0.2) is 0 Å². The number of hydrogen-bond donors (Lipinski definition) is 0. The molecule has 0 unspecified atom stereocenters. The molecule has 0 aromatic heterocycles. The van der Waals surface area contributed by atoms with Gasteiger partial charge in [-0.2, -0.15) is 5.26 Å². The summed E-state index contributed by atoms with van der Waals surface area (Å²) in [6.07, 6.45) is 0.761. The predicted octanol–water partition coefficient (Wildman–Crippen LogP) is 3.91. The van der Waals surface area contributed by atoms with Crippen LogP contribution in [0.2, 0.25) is 0 Å². The molecular formula is C13H16BrNO. The van der Waals surface area contributed by atoms with Crippen molar-refractivity contribution in [1.29, 1.82) is 5.26 Å². The fourth-order valence-corrected chi connectivity index (χ4v) is 1.65. The third kappa shape index (κ3) is 4.78. The van der Waals surface area contributed by atoms with Crippen molar-refractivity contribution in [3.05, 3.63) is 34.3 Å². The summed E-state index contributed by atoms with van der Waals surface area (Å²) in [5.41, 5.74) is 0.848. The third-order valence-electron chi connectivity index (χ3n) is 2.33. The van der Waals surface area contributed by atoms with Gasteiger partial charge in [0.15, 0.2) is 0 Å². The molecule has 1 rings (SSSR count). The molecule has 0 amide bonds. The second-order valence-electron chi connectivity index (χ2n) is 4.43. The van der Waals surface area contributed by atoms with Gasteiger partial charge in [0.2, 0.25) is 0 Å². The molecule has 3 heteroatoms. The first-order valence-electron chi connectivity index (χ1n) is 5.27. The first kappa shape index (κ1) is 13.2. The Balaban J connectivity index is 2.29. The van der Waals surface area contributed by atoms with Crippen molar-refractivity contribution in [3.8, 4) is 6.07 Å². The van der Waals surface area contributed by atoms with E-state index >= 15 is 0 Å². The lowest BCUT2D eigenvalue weighted by Gasteiger charge is -2.14. The molecule has 0 spiro atoms. The highest BCUT2D eigenvalue weighted by Gasteiger charge is 2.15. The molecule has 0 saturated carbocycles. The maximum atomic E-state index is 8.84. The van der Waals surface area contributed by atoms with Crippen LogP contribution in [0.25, 0.3) is 0 Å². The standard InChI is InChI=1S/C13H16BrNO/c1-13(2,10-15)6-7-16-9-11-4-3-5-12(14)8-11/h3-5,8H,6-7,9H2,1-2H3. The van der Waals surface area contributed by atoms with Gasteiger partial charge >= 0.3 is 0 Å². The van der Waals surface area contributed by atoms with Crippen molar-refractivity contribution >= 4 is 15.9 Å². The van der Waals surface area contributed by atoms with Crippen molar-refractivity contribution in [2.75, 3.05) is 6.61 Å². The summed E-state index contributed by atoms with van der Waals surface area (Å²) in [4.78, 5) is 0. The Labute approximate surface area is 105 Å². The van der Waals surface area contributed by atoms with E-state index < -0.39 is 0 Å². The fraction of sp³-hybridized carbons (Fsp3) is 0.462. The summed E-state index contributed by atoms with van der Waals surface area (Å²) in [7, 11) is 0. The van der Waals surface area contributed by atoms with Crippen LogP contribution in [0.4, 0.5) is 0 Å². The molecule has 0 N–H and O–H groups in total. The molecule has 86 valence electrons. The highest BCUT2D eigenvalue weighted by molar-refractivity contribution is 9.10. The van der Waals surface area contributed by atoms with Crippen LogP contribution in [0.15, 0.2) is 28.7 Å². The van der Waals surface area contributed by atoms with E-state index in [4.69, 9.17) is 10.00 Å². The summed E-state index contributed by atoms with van der Waals surface area (Å²) in [6.45, 7) is 5.07. The molecule has 0 atom stereocenters. The SMILES string of the molecule is CC(C)(C#N)CCOCc1cccc(Br)c1. The average molecular weight is 282 g/mol. The molecule has 1 aromatic carbocycles. The molecule has 2 nitrogen and oxygen atoms in total.